The van der Waals surface area contributed by atoms with E-state index in [1.165, 1.54) is 4.90 Å². The predicted octanol–water partition coefficient (Wildman–Crippen LogP) is 2.25. The van der Waals surface area contributed by atoms with Crippen LogP contribution in [-0.4, -0.2) is 47.7 Å². The highest BCUT2D eigenvalue weighted by Gasteiger charge is 2.20. The number of anilines is 1. The molecule has 2 aromatic rings. The molecular weight excluding hydrogens is 393 g/mol. The lowest BCUT2D eigenvalue weighted by molar-refractivity contribution is -0.917. The molecule has 0 saturated carbocycles. The van der Waals surface area contributed by atoms with Gasteiger partial charge in [0.2, 0.25) is 10.7 Å². The average molecular weight is 417 g/mol. The summed E-state index contributed by atoms with van der Waals surface area (Å²) in [6.07, 6.45) is 0. The van der Waals surface area contributed by atoms with E-state index in [4.69, 9.17) is 45.3 Å². The van der Waals surface area contributed by atoms with E-state index in [-0.39, 0.29) is 0 Å². The highest BCUT2D eigenvalue weighted by molar-refractivity contribution is 7.71. The summed E-state index contributed by atoms with van der Waals surface area (Å²) in [5.41, 5.74) is 1.13. The van der Waals surface area contributed by atoms with E-state index in [9.17, 15) is 0 Å². The van der Waals surface area contributed by atoms with Crippen LogP contribution in [0.1, 0.15) is 12.5 Å². The molecule has 0 aliphatic carbocycles. The van der Waals surface area contributed by atoms with Gasteiger partial charge in [-0.15, -0.1) is 5.10 Å². The molecule has 1 unspecified atom stereocenters. The van der Waals surface area contributed by atoms with Crippen LogP contribution in [-0.2, 0) is 24.5 Å². The van der Waals surface area contributed by atoms with Crippen molar-refractivity contribution in [2.24, 2.45) is 0 Å². The zero-order chi connectivity index (χ0) is 18.7. The number of nitrogens with zero attached hydrogens (tertiary/aromatic N) is 4. The van der Waals surface area contributed by atoms with Crippen molar-refractivity contribution in [3.63, 3.8) is 0 Å². The van der Waals surface area contributed by atoms with Crippen LogP contribution in [0.15, 0.2) is 18.2 Å². The number of nitrogens with one attached hydrogen (secondary N) is 1. The first kappa shape index (κ1) is 19.6. The summed E-state index contributed by atoms with van der Waals surface area (Å²) in [5, 5.41) is 5.95. The Balaban J connectivity index is 1.75. The van der Waals surface area contributed by atoms with Crippen LogP contribution in [0.4, 0.5) is 5.95 Å². The monoisotopic (exact) mass is 416 g/mol. The van der Waals surface area contributed by atoms with Gasteiger partial charge in [0.05, 0.1) is 30.3 Å². The fourth-order valence-electron chi connectivity index (χ4n) is 3.12. The van der Waals surface area contributed by atoms with Crippen LogP contribution in [0, 0.1) is 4.77 Å². The summed E-state index contributed by atoms with van der Waals surface area (Å²) in [5.74, 6) is 0.933. The molecule has 9 heteroatoms. The Morgan fingerprint density at radius 1 is 1.23 bits per heavy atom. The standard InChI is InChI=1S/C17H23Cl2N5OS/c1-3-23-16(22-6-8-25-9-7-22)20-24(17(23)26)12-21(2)11-13-4-5-14(18)15(19)10-13/h4-5,10H,3,6-9,11-12H2,1-2H3/p+1. The fraction of sp³-hybridized carbons (Fsp3) is 0.529. The van der Waals surface area contributed by atoms with E-state index in [0.717, 1.165) is 55.7 Å². The van der Waals surface area contributed by atoms with Gasteiger partial charge in [0.25, 0.3) is 0 Å². The maximum Gasteiger partial charge on any atom is 0.226 e. The number of morpholine rings is 1. The van der Waals surface area contributed by atoms with Crippen LogP contribution >= 0.6 is 35.4 Å². The Morgan fingerprint density at radius 2 is 1.96 bits per heavy atom. The summed E-state index contributed by atoms with van der Waals surface area (Å²) in [7, 11) is 2.11. The second kappa shape index (κ2) is 8.71. The first-order valence-electron chi connectivity index (χ1n) is 8.75. The Hall–Kier alpha value is -1.12. The van der Waals surface area contributed by atoms with Gasteiger partial charge < -0.3 is 14.5 Å². The summed E-state index contributed by atoms with van der Waals surface area (Å²) in [6.45, 7) is 7.54. The molecule has 142 valence electrons. The molecule has 3 rings (SSSR count). The molecule has 1 aliphatic heterocycles. The molecule has 0 radical (unpaired) electrons. The summed E-state index contributed by atoms with van der Waals surface area (Å²) in [6, 6.07) is 5.75. The molecule has 0 bridgehead atoms. The van der Waals surface area contributed by atoms with Crippen LogP contribution in [0.2, 0.25) is 10.0 Å². The number of ether oxygens (including phenoxy) is 1. The second-order valence-corrected chi connectivity index (χ2v) is 7.65. The van der Waals surface area contributed by atoms with Crippen molar-refractivity contribution in [2.75, 3.05) is 38.3 Å². The van der Waals surface area contributed by atoms with E-state index in [1.807, 2.05) is 22.9 Å². The van der Waals surface area contributed by atoms with Gasteiger partial charge in [-0.1, -0.05) is 29.3 Å². The largest absolute Gasteiger partial charge is 0.378 e. The van der Waals surface area contributed by atoms with Gasteiger partial charge in [-0.2, -0.15) is 4.68 Å². The van der Waals surface area contributed by atoms with Gasteiger partial charge >= 0.3 is 0 Å². The van der Waals surface area contributed by atoms with Crippen LogP contribution in [0.5, 0.6) is 0 Å². The molecule has 26 heavy (non-hydrogen) atoms. The SMILES string of the molecule is CCn1c(N2CCOCC2)nn(C[NH+](C)Cc2ccc(Cl)c(Cl)c2)c1=S. The topological polar surface area (TPSA) is 39.7 Å². The molecule has 0 spiro atoms. The third-order valence-corrected chi connectivity index (χ3v) is 5.59. The molecule has 1 aliphatic rings. The molecular formula is C17H24Cl2N5OS+. The number of halogens is 2. The molecule has 1 fully saturated rings. The Bertz CT molecular complexity index is 816. The van der Waals surface area contributed by atoms with Gasteiger partial charge in [0, 0.05) is 25.2 Å². The number of aromatic nitrogens is 3. The maximum absolute atomic E-state index is 6.12. The zero-order valence-corrected chi connectivity index (χ0v) is 17.4. The lowest BCUT2D eigenvalue weighted by Gasteiger charge is -2.27. The molecule has 0 amide bonds. The average Bonchev–Trinajstić information content (AvgIpc) is 2.94. The summed E-state index contributed by atoms with van der Waals surface area (Å²) in [4.78, 5) is 3.50. The Morgan fingerprint density at radius 3 is 2.62 bits per heavy atom. The summed E-state index contributed by atoms with van der Waals surface area (Å²) < 4.78 is 10.2. The van der Waals surface area contributed by atoms with Crippen molar-refractivity contribution in [1.82, 2.24) is 14.3 Å². The van der Waals surface area contributed by atoms with Crippen LogP contribution < -0.4 is 9.80 Å². The highest BCUT2D eigenvalue weighted by Crippen LogP contribution is 2.22. The molecule has 6 nitrogen and oxygen atoms in total. The lowest BCUT2D eigenvalue weighted by Crippen LogP contribution is -3.07. The molecule has 1 N–H and O–H groups in total. The highest BCUT2D eigenvalue weighted by atomic mass is 35.5. The molecule has 2 heterocycles. The minimum absolute atomic E-state index is 0.576. The van der Waals surface area contributed by atoms with E-state index in [1.54, 1.807) is 0 Å². The minimum atomic E-state index is 0.576. The van der Waals surface area contributed by atoms with Gasteiger partial charge in [-0.3, -0.25) is 4.57 Å². The smallest absolute Gasteiger partial charge is 0.226 e. The fourth-order valence-corrected chi connectivity index (χ4v) is 3.75. The third-order valence-electron chi connectivity index (χ3n) is 4.42. The van der Waals surface area contributed by atoms with E-state index < -0.39 is 0 Å². The second-order valence-electron chi connectivity index (χ2n) is 6.47. The number of hydrogen-bond donors (Lipinski definition) is 1. The number of quaternary nitrogens is 1. The maximum atomic E-state index is 6.12. The van der Waals surface area contributed by atoms with Crippen molar-refractivity contribution in [2.45, 2.75) is 26.7 Å². The van der Waals surface area contributed by atoms with Crippen molar-refractivity contribution in [1.29, 1.82) is 0 Å². The van der Waals surface area contributed by atoms with Crippen molar-refractivity contribution in [3.8, 4) is 0 Å². The van der Waals surface area contributed by atoms with Crippen molar-refractivity contribution in [3.05, 3.63) is 38.6 Å². The molecule has 1 atom stereocenters. The quantitative estimate of drug-likeness (QED) is 0.732. The van der Waals surface area contributed by atoms with Crippen molar-refractivity contribution < 1.29 is 9.64 Å². The lowest BCUT2D eigenvalue weighted by atomic mass is 10.2. The normalized spacial score (nSPS) is 16.1. The third kappa shape index (κ3) is 4.40. The number of rotatable bonds is 6. The minimum Gasteiger partial charge on any atom is -0.378 e. The van der Waals surface area contributed by atoms with Gasteiger partial charge in [-0.25, -0.2) is 0 Å². The zero-order valence-electron chi connectivity index (χ0n) is 15.0. The van der Waals surface area contributed by atoms with Crippen LogP contribution in [0.25, 0.3) is 0 Å². The number of benzene rings is 1. The van der Waals surface area contributed by atoms with E-state index in [0.29, 0.717) is 16.7 Å². The first-order chi connectivity index (χ1) is 12.5. The van der Waals surface area contributed by atoms with Gasteiger partial charge in [0.1, 0.15) is 6.54 Å². The predicted molar refractivity (Wildman–Crippen MR) is 107 cm³/mol. The van der Waals surface area contributed by atoms with Gasteiger partial charge in [-0.05, 0) is 31.3 Å². The molecule has 1 aromatic carbocycles. The Labute approximate surface area is 168 Å². The first-order valence-corrected chi connectivity index (χ1v) is 9.91. The van der Waals surface area contributed by atoms with Crippen LogP contribution in [0.3, 0.4) is 0 Å². The number of hydrogen-bond acceptors (Lipinski definition) is 4. The van der Waals surface area contributed by atoms with Gasteiger partial charge in [0.15, 0.2) is 6.67 Å². The molecule has 1 aromatic heterocycles. The van der Waals surface area contributed by atoms with E-state index in [2.05, 4.69) is 23.4 Å². The molecule has 1 saturated heterocycles. The Kier molecular flexibility index (Phi) is 6.58. The van der Waals surface area contributed by atoms with Crippen molar-refractivity contribution >= 4 is 41.4 Å². The summed E-state index contributed by atoms with van der Waals surface area (Å²) >= 11 is 17.8. The van der Waals surface area contributed by atoms with E-state index >= 15 is 0 Å².